The summed E-state index contributed by atoms with van der Waals surface area (Å²) in [6.45, 7) is 0. The van der Waals surface area contributed by atoms with Crippen LogP contribution in [0.15, 0.2) is 41.0 Å². The Morgan fingerprint density at radius 2 is 2.07 bits per heavy atom. The number of hydrogen-bond donors (Lipinski definition) is 2. The van der Waals surface area contributed by atoms with Gasteiger partial charge in [0.25, 0.3) is 0 Å². The largest absolute Gasteiger partial charge is 0.409 e. The number of thiazole rings is 1. The van der Waals surface area contributed by atoms with Crippen molar-refractivity contribution in [2.24, 2.45) is 10.9 Å². The molecular formula is C10H9N3OS. The molecule has 3 N–H and O–H groups in total. The first-order valence-corrected chi connectivity index (χ1v) is 5.17. The third-order valence-corrected chi connectivity index (χ3v) is 2.79. The molecule has 0 aliphatic carbocycles. The van der Waals surface area contributed by atoms with Crippen molar-refractivity contribution in [3.05, 3.63) is 41.4 Å². The number of aromatic nitrogens is 1. The first-order valence-electron chi connectivity index (χ1n) is 4.29. The average molecular weight is 219 g/mol. The van der Waals surface area contributed by atoms with Gasteiger partial charge in [0, 0.05) is 22.7 Å². The van der Waals surface area contributed by atoms with Gasteiger partial charge in [-0.2, -0.15) is 0 Å². The molecular weight excluding hydrogens is 210 g/mol. The summed E-state index contributed by atoms with van der Waals surface area (Å²) in [5, 5.41) is 14.3. The lowest BCUT2D eigenvalue weighted by molar-refractivity contribution is 0.318. The van der Waals surface area contributed by atoms with Crippen LogP contribution in [0.2, 0.25) is 0 Å². The Morgan fingerprint density at radius 1 is 1.33 bits per heavy atom. The van der Waals surface area contributed by atoms with E-state index in [2.05, 4.69) is 10.1 Å². The normalized spacial score (nSPS) is 11.6. The zero-order chi connectivity index (χ0) is 10.7. The number of amidine groups is 1. The summed E-state index contributed by atoms with van der Waals surface area (Å²) in [5.74, 6) is 0.112. The molecule has 5 heteroatoms. The summed E-state index contributed by atoms with van der Waals surface area (Å²) in [4.78, 5) is 4.19. The lowest BCUT2D eigenvalue weighted by atomic mass is 10.1. The van der Waals surface area contributed by atoms with Gasteiger partial charge in [0.2, 0.25) is 0 Å². The van der Waals surface area contributed by atoms with Crippen LogP contribution in [0.5, 0.6) is 0 Å². The highest BCUT2D eigenvalue weighted by molar-refractivity contribution is 7.13. The van der Waals surface area contributed by atoms with E-state index >= 15 is 0 Å². The van der Waals surface area contributed by atoms with E-state index in [1.807, 2.05) is 17.5 Å². The number of nitrogens with two attached hydrogens (primary N) is 1. The molecule has 0 fully saturated rings. The molecule has 0 radical (unpaired) electrons. The van der Waals surface area contributed by atoms with Gasteiger partial charge >= 0.3 is 0 Å². The number of nitrogens with zero attached hydrogens (tertiary/aromatic N) is 2. The molecule has 2 rings (SSSR count). The molecule has 0 aliphatic heterocycles. The van der Waals surface area contributed by atoms with Crippen molar-refractivity contribution in [2.75, 3.05) is 0 Å². The molecule has 0 unspecified atom stereocenters. The fourth-order valence-corrected chi connectivity index (χ4v) is 1.85. The van der Waals surface area contributed by atoms with E-state index in [4.69, 9.17) is 10.9 Å². The fourth-order valence-electron chi connectivity index (χ4n) is 1.21. The molecule has 76 valence electrons. The van der Waals surface area contributed by atoms with Gasteiger partial charge in [0.1, 0.15) is 5.01 Å². The van der Waals surface area contributed by atoms with E-state index in [0.717, 1.165) is 10.6 Å². The number of oxime groups is 1. The van der Waals surface area contributed by atoms with Gasteiger partial charge in [-0.25, -0.2) is 4.98 Å². The van der Waals surface area contributed by atoms with Gasteiger partial charge in [-0.1, -0.05) is 29.4 Å². The molecule has 0 saturated carbocycles. The topological polar surface area (TPSA) is 71.5 Å². The number of benzene rings is 1. The van der Waals surface area contributed by atoms with Crippen molar-refractivity contribution in [2.45, 2.75) is 0 Å². The molecule has 0 amide bonds. The Labute approximate surface area is 90.7 Å². The second-order valence-corrected chi connectivity index (χ2v) is 3.79. The van der Waals surface area contributed by atoms with Crippen molar-refractivity contribution >= 4 is 17.2 Å². The monoisotopic (exact) mass is 219 g/mol. The lowest BCUT2D eigenvalue weighted by Gasteiger charge is -1.99. The molecule has 0 spiro atoms. The van der Waals surface area contributed by atoms with E-state index < -0.39 is 0 Å². The summed E-state index contributed by atoms with van der Waals surface area (Å²) in [6.07, 6.45) is 1.76. The second kappa shape index (κ2) is 4.10. The molecule has 0 bridgehead atoms. The highest BCUT2D eigenvalue weighted by Gasteiger charge is 2.02. The molecule has 4 nitrogen and oxygen atoms in total. The van der Waals surface area contributed by atoms with Crippen LogP contribution in [0, 0.1) is 0 Å². The lowest BCUT2D eigenvalue weighted by Crippen LogP contribution is -2.12. The molecule has 1 aromatic carbocycles. The van der Waals surface area contributed by atoms with Crippen LogP contribution in [0.4, 0.5) is 0 Å². The first kappa shape index (κ1) is 9.67. The average Bonchev–Trinajstić information content (AvgIpc) is 2.82. The molecule has 15 heavy (non-hydrogen) atoms. The zero-order valence-electron chi connectivity index (χ0n) is 7.79. The minimum atomic E-state index is 0.112. The Hall–Kier alpha value is -1.88. The fraction of sp³-hybridized carbons (Fsp3) is 0. The third-order valence-electron chi connectivity index (χ3n) is 1.97. The van der Waals surface area contributed by atoms with E-state index in [1.54, 1.807) is 29.7 Å². The SMILES string of the molecule is NC(=NO)c1ccc(-c2nccs2)cc1. The number of hydrogen-bond acceptors (Lipinski definition) is 4. The van der Waals surface area contributed by atoms with Crippen molar-refractivity contribution in [1.82, 2.24) is 4.98 Å². The van der Waals surface area contributed by atoms with Crippen LogP contribution in [0.3, 0.4) is 0 Å². The quantitative estimate of drug-likeness (QED) is 0.351. The zero-order valence-corrected chi connectivity index (χ0v) is 8.61. The van der Waals surface area contributed by atoms with Gasteiger partial charge in [-0.05, 0) is 0 Å². The molecule has 1 heterocycles. The van der Waals surface area contributed by atoms with Gasteiger partial charge in [-0.3, -0.25) is 0 Å². The van der Waals surface area contributed by atoms with Gasteiger partial charge in [-0.15, -0.1) is 11.3 Å². The summed E-state index contributed by atoms with van der Waals surface area (Å²) in [5.41, 5.74) is 7.17. The second-order valence-electron chi connectivity index (χ2n) is 2.90. The minimum absolute atomic E-state index is 0.112. The predicted molar refractivity (Wildman–Crippen MR) is 60.1 cm³/mol. The maximum absolute atomic E-state index is 8.49. The van der Waals surface area contributed by atoms with Crippen LogP contribution >= 0.6 is 11.3 Å². The third kappa shape index (κ3) is 1.97. The van der Waals surface area contributed by atoms with E-state index in [1.165, 1.54) is 0 Å². The first-order chi connectivity index (χ1) is 7.31. The van der Waals surface area contributed by atoms with Crippen LogP contribution in [0.1, 0.15) is 5.56 Å². The summed E-state index contributed by atoms with van der Waals surface area (Å²) in [6, 6.07) is 7.38. The van der Waals surface area contributed by atoms with Crippen molar-refractivity contribution < 1.29 is 5.21 Å². The Bertz CT molecular complexity index is 462. The van der Waals surface area contributed by atoms with E-state index in [-0.39, 0.29) is 5.84 Å². The van der Waals surface area contributed by atoms with Crippen molar-refractivity contribution in [3.63, 3.8) is 0 Å². The minimum Gasteiger partial charge on any atom is -0.409 e. The van der Waals surface area contributed by atoms with Crippen molar-refractivity contribution in [3.8, 4) is 10.6 Å². The molecule has 0 aliphatic rings. The van der Waals surface area contributed by atoms with Gasteiger partial charge in [0.05, 0.1) is 0 Å². The summed E-state index contributed by atoms with van der Waals surface area (Å²) in [7, 11) is 0. The van der Waals surface area contributed by atoms with Crippen LogP contribution < -0.4 is 5.73 Å². The summed E-state index contributed by atoms with van der Waals surface area (Å²) < 4.78 is 0. The van der Waals surface area contributed by atoms with Crippen molar-refractivity contribution in [1.29, 1.82) is 0 Å². The summed E-state index contributed by atoms with van der Waals surface area (Å²) >= 11 is 1.57. The maximum Gasteiger partial charge on any atom is 0.170 e. The van der Waals surface area contributed by atoms with Crippen LogP contribution in [-0.2, 0) is 0 Å². The Balaban J connectivity index is 2.33. The highest BCUT2D eigenvalue weighted by Crippen LogP contribution is 2.21. The van der Waals surface area contributed by atoms with Crippen LogP contribution in [-0.4, -0.2) is 16.0 Å². The van der Waals surface area contributed by atoms with E-state index in [0.29, 0.717) is 5.56 Å². The number of rotatable bonds is 2. The molecule has 0 atom stereocenters. The Morgan fingerprint density at radius 3 is 2.60 bits per heavy atom. The van der Waals surface area contributed by atoms with Crippen LogP contribution in [0.25, 0.3) is 10.6 Å². The van der Waals surface area contributed by atoms with Gasteiger partial charge in [0.15, 0.2) is 5.84 Å². The van der Waals surface area contributed by atoms with E-state index in [9.17, 15) is 0 Å². The standard InChI is InChI=1S/C10H9N3OS/c11-9(13-14)7-1-3-8(4-2-7)10-12-5-6-15-10/h1-6,14H,(H2,11,13). The Kier molecular flexibility index (Phi) is 2.64. The highest BCUT2D eigenvalue weighted by atomic mass is 32.1. The molecule has 0 saturated heterocycles. The predicted octanol–water partition coefficient (Wildman–Crippen LogP) is 1.90. The van der Waals surface area contributed by atoms with Gasteiger partial charge < -0.3 is 10.9 Å². The molecule has 2 aromatic rings. The maximum atomic E-state index is 8.49. The smallest absolute Gasteiger partial charge is 0.170 e. The molecule has 1 aromatic heterocycles.